The summed E-state index contributed by atoms with van der Waals surface area (Å²) in [6.07, 6.45) is 0.533. The first-order valence-electron chi connectivity index (χ1n) is 6.12. The van der Waals surface area contributed by atoms with Crippen LogP contribution in [-0.4, -0.2) is 16.9 Å². The molecule has 6 heteroatoms. The molecular weight excluding hydrogens is 246 g/mol. The van der Waals surface area contributed by atoms with Crippen molar-refractivity contribution in [3.63, 3.8) is 0 Å². The van der Waals surface area contributed by atoms with Gasteiger partial charge in [0.05, 0.1) is 11.0 Å². The SMILES string of the molecule is Cc1ccc(NC(=O)[C@H](N)CC(C)C)c([N+](=O)[O-])c1. The molecule has 0 radical (unpaired) electrons. The Kier molecular flexibility index (Phi) is 5.00. The van der Waals surface area contributed by atoms with Crippen LogP contribution in [0.1, 0.15) is 25.8 Å². The summed E-state index contributed by atoms with van der Waals surface area (Å²) >= 11 is 0. The number of benzene rings is 1. The Labute approximate surface area is 112 Å². The molecule has 0 heterocycles. The molecule has 0 saturated carbocycles. The molecule has 0 aliphatic heterocycles. The quantitative estimate of drug-likeness (QED) is 0.630. The average molecular weight is 265 g/mol. The number of anilines is 1. The Morgan fingerprint density at radius 2 is 2.11 bits per heavy atom. The number of carbonyl (C=O) groups is 1. The Balaban J connectivity index is 2.87. The second-order valence-electron chi connectivity index (χ2n) is 5.00. The van der Waals surface area contributed by atoms with Crippen LogP contribution in [0, 0.1) is 23.0 Å². The predicted octanol–water partition coefficient (Wildman–Crippen LogP) is 2.22. The van der Waals surface area contributed by atoms with Crippen molar-refractivity contribution in [2.24, 2.45) is 11.7 Å². The molecule has 0 aromatic heterocycles. The van der Waals surface area contributed by atoms with Crippen molar-refractivity contribution in [3.05, 3.63) is 33.9 Å². The van der Waals surface area contributed by atoms with Gasteiger partial charge in [-0.15, -0.1) is 0 Å². The second-order valence-corrected chi connectivity index (χ2v) is 5.00. The third-order valence-corrected chi connectivity index (χ3v) is 2.67. The maximum absolute atomic E-state index is 11.8. The third-order valence-electron chi connectivity index (χ3n) is 2.67. The van der Waals surface area contributed by atoms with Crippen LogP contribution in [-0.2, 0) is 4.79 Å². The maximum Gasteiger partial charge on any atom is 0.293 e. The molecule has 104 valence electrons. The molecule has 0 saturated heterocycles. The zero-order valence-corrected chi connectivity index (χ0v) is 11.3. The lowest BCUT2D eigenvalue weighted by Crippen LogP contribution is -2.36. The molecule has 0 bridgehead atoms. The molecule has 0 aliphatic rings. The van der Waals surface area contributed by atoms with Gasteiger partial charge < -0.3 is 11.1 Å². The molecule has 19 heavy (non-hydrogen) atoms. The molecule has 0 fully saturated rings. The first kappa shape index (κ1) is 15.1. The first-order chi connectivity index (χ1) is 8.81. The van der Waals surface area contributed by atoms with E-state index in [-0.39, 0.29) is 17.3 Å². The van der Waals surface area contributed by atoms with E-state index in [2.05, 4.69) is 5.32 Å². The van der Waals surface area contributed by atoms with Gasteiger partial charge in [0, 0.05) is 6.07 Å². The number of nitrogens with two attached hydrogens (primary N) is 1. The first-order valence-corrected chi connectivity index (χ1v) is 6.12. The number of nitrogens with one attached hydrogen (secondary N) is 1. The summed E-state index contributed by atoms with van der Waals surface area (Å²) in [7, 11) is 0. The predicted molar refractivity (Wildman–Crippen MR) is 73.9 cm³/mol. The molecule has 1 rings (SSSR count). The molecule has 0 unspecified atom stereocenters. The van der Waals surface area contributed by atoms with Crippen LogP contribution in [0.2, 0.25) is 0 Å². The van der Waals surface area contributed by atoms with Crippen LogP contribution in [0.4, 0.5) is 11.4 Å². The highest BCUT2D eigenvalue weighted by atomic mass is 16.6. The number of rotatable bonds is 5. The smallest absolute Gasteiger partial charge is 0.293 e. The van der Waals surface area contributed by atoms with E-state index < -0.39 is 16.9 Å². The highest BCUT2D eigenvalue weighted by Gasteiger charge is 2.20. The van der Waals surface area contributed by atoms with E-state index in [1.54, 1.807) is 13.0 Å². The number of aryl methyl sites for hydroxylation is 1. The minimum atomic E-state index is -0.666. The average Bonchev–Trinajstić information content (AvgIpc) is 2.30. The second kappa shape index (κ2) is 6.29. The molecule has 3 N–H and O–H groups in total. The van der Waals surface area contributed by atoms with Crippen LogP contribution in [0.15, 0.2) is 18.2 Å². The summed E-state index contributed by atoms with van der Waals surface area (Å²) < 4.78 is 0. The highest BCUT2D eigenvalue weighted by molar-refractivity contribution is 5.96. The highest BCUT2D eigenvalue weighted by Crippen LogP contribution is 2.25. The molecule has 1 aromatic carbocycles. The summed E-state index contributed by atoms with van der Waals surface area (Å²) in [6.45, 7) is 5.67. The van der Waals surface area contributed by atoms with Crippen molar-refractivity contribution in [2.75, 3.05) is 5.32 Å². The van der Waals surface area contributed by atoms with Crippen LogP contribution in [0.5, 0.6) is 0 Å². The minimum absolute atomic E-state index is 0.120. The molecule has 0 spiro atoms. The van der Waals surface area contributed by atoms with Gasteiger partial charge in [0.2, 0.25) is 5.91 Å². The zero-order chi connectivity index (χ0) is 14.6. The molecule has 1 amide bonds. The summed E-state index contributed by atoms with van der Waals surface area (Å²) in [6, 6.07) is 3.98. The number of hydrogen-bond donors (Lipinski definition) is 2. The van der Waals surface area contributed by atoms with E-state index in [0.29, 0.717) is 6.42 Å². The third kappa shape index (κ3) is 4.33. The molecule has 1 atom stereocenters. The van der Waals surface area contributed by atoms with E-state index in [1.807, 2.05) is 13.8 Å². The van der Waals surface area contributed by atoms with Crippen molar-refractivity contribution in [2.45, 2.75) is 33.2 Å². The number of hydrogen-bond acceptors (Lipinski definition) is 4. The topological polar surface area (TPSA) is 98.3 Å². The molecule has 6 nitrogen and oxygen atoms in total. The lowest BCUT2D eigenvalue weighted by Gasteiger charge is -2.14. The van der Waals surface area contributed by atoms with Crippen molar-refractivity contribution < 1.29 is 9.72 Å². The molecule has 0 aliphatic carbocycles. The zero-order valence-electron chi connectivity index (χ0n) is 11.3. The monoisotopic (exact) mass is 265 g/mol. The largest absolute Gasteiger partial charge is 0.320 e. The standard InChI is InChI=1S/C13H19N3O3/c1-8(2)6-10(14)13(17)15-11-5-4-9(3)7-12(11)16(18)19/h4-5,7-8,10H,6,14H2,1-3H3,(H,15,17)/t10-/m1/s1. The van der Waals surface area contributed by atoms with Crippen molar-refractivity contribution in [1.29, 1.82) is 0 Å². The van der Waals surface area contributed by atoms with Gasteiger partial charge in [-0.2, -0.15) is 0 Å². The minimum Gasteiger partial charge on any atom is -0.320 e. The molecule has 1 aromatic rings. The van der Waals surface area contributed by atoms with E-state index in [1.165, 1.54) is 12.1 Å². The van der Waals surface area contributed by atoms with E-state index in [0.717, 1.165) is 5.56 Å². The van der Waals surface area contributed by atoms with Gasteiger partial charge in [0.15, 0.2) is 0 Å². The number of nitrogens with zero attached hydrogens (tertiary/aromatic N) is 1. The van der Waals surface area contributed by atoms with Crippen LogP contribution < -0.4 is 11.1 Å². The Bertz CT molecular complexity index is 486. The fraction of sp³-hybridized carbons (Fsp3) is 0.462. The number of nitro groups is 1. The van der Waals surface area contributed by atoms with Gasteiger partial charge in [-0.25, -0.2) is 0 Å². The fourth-order valence-corrected chi connectivity index (χ4v) is 1.74. The van der Waals surface area contributed by atoms with E-state index in [9.17, 15) is 14.9 Å². The van der Waals surface area contributed by atoms with Crippen molar-refractivity contribution >= 4 is 17.3 Å². The Morgan fingerprint density at radius 1 is 1.47 bits per heavy atom. The van der Waals surface area contributed by atoms with Crippen molar-refractivity contribution in [1.82, 2.24) is 0 Å². The molecular formula is C13H19N3O3. The van der Waals surface area contributed by atoms with E-state index in [4.69, 9.17) is 5.73 Å². The van der Waals surface area contributed by atoms with E-state index >= 15 is 0 Å². The van der Waals surface area contributed by atoms with Gasteiger partial charge in [-0.05, 0) is 30.9 Å². The summed E-state index contributed by atoms with van der Waals surface area (Å²) in [5.74, 6) is -0.116. The van der Waals surface area contributed by atoms with Crippen LogP contribution >= 0.6 is 0 Å². The van der Waals surface area contributed by atoms with Crippen LogP contribution in [0.3, 0.4) is 0 Å². The lowest BCUT2D eigenvalue weighted by molar-refractivity contribution is -0.384. The van der Waals surface area contributed by atoms with Crippen molar-refractivity contribution in [3.8, 4) is 0 Å². The van der Waals surface area contributed by atoms with Crippen LogP contribution in [0.25, 0.3) is 0 Å². The summed E-state index contributed by atoms with van der Waals surface area (Å²) in [4.78, 5) is 22.3. The Hall–Kier alpha value is -1.95. The normalized spacial score (nSPS) is 12.3. The lowest BCUT2D eigenvalue weighted by atomic mass is 10.0. The number of amides is 1. The van der Waals surface area contributed by atoms with Gasteiger partial charge >= 0.3 is 0 Å². The maximum atomic E-state index is 11.8. The Morgan fingerprint density at radius 3 is 2.63 bits per heavy atom. The summed E-state index contributed by atoms with van der Waals surface area (Å²) in [5, 5.41) is 13.4. The van der Waals surface area contributed by atoms with Gasteiger partial charge in [-0.1, -0.05) is 19.9 Å². The van der Waals surface area contributed by atoms with Gasteiger partial charge in [-0.3, -0.25) is 14.9 Å². The van der Waals surface area contributed by atoms with Gasteiger partial charge in [0.1, 0.15) is 5.69 Å². The number of nitro benzene ring substituents is 1. The summed E-state index contributed by atoms with van der Waals surface area (Å²) in [5.41, 5.74) is 6.56. The van der Waals surface area contributed by atoms with Gasteiger partial charge in [0.25, 0.3) is 5.69 Å². The fourth-order valence-electron chi connectivity index (χ4n) is 1.74. The number of carbonyl (C=O) groups excluding carboxylic acids is 1.